The predicted molar refractivity (Wildman–Crippen MR) is 133 cm³/mol. The quantitative estimate of drug-likeness (QED) is 0.513. The van der Waals surface area contributed by atoms with Gasteiger partial charge in [0.15, 0.2) is 0 Å². The molecule has 188 valence electrons. The van der Waals surface area contributed by atoms with Crippen molar-refractivity contribution in [1.82, 2.24) is 19.6 Å². The van der Waals surface area contributed by atoms with E-state index >= 15 is 0 Å². The van der Waals surface area contributed by atoms with Crippen LogP contribution in [0.4, 0.5) is 0 Å². The van der Waals surface area contributed by atoms with Crippen molar-refractivity contribution in [2.24, 2.45) is 0 Å². The summed E-state index contributed by atoms with van der Waals surface area (Å²) in [5.74, 6) is 1.14. The molecule has 3 aliphatic heterocycles. The van der Waals surface area contributed by atoms with Gasteiger partial charge in [0, 0.05) is 51.2 Å². The van der Waals surface area contributed by atoms with Gasteiger partial charge in [0.2, 0.25) is 5.91 Å². The molecular formula is C24H48N4O3S. The second kappa shape index (κ2) is 13.9. The average Bonchev–Trinajstić information content (AvgIpc) is 3.23. The van der Waals surface area contributed by atoms with Crippen molar-refractivity contribution < 1.29 is 13.2 Å². The van der Waals surface area contributed by atoms with Crippen LogP contribution in [0.15, 0.2) is 0 Å². The van der Waals surface area contributed by atoms with Crippen molar-refractivity contribution in [2.45, 2.75) is 77.8 Å². The van der Waals surface area contributed by atoms with Crippen molar-refractivity contribution in [1.29, 1.82) is 0 Å². The maximum absolute atomic E-state index is 11.5. The molecule has 0 radical (unpaired) electrons. The maximum atomic E-state index is 11.5. The predicted octanol–water partition coefficient (Wildman–Crippen LogP) is 2.32. The summed E-state index contributed by atoms with van der Waals surface area (Å²) in [7, 11) is -0.603. The minimum atomic E-state index is -2.74. The van der Waals surface area contributed by atoms with Crippen LogP contribution in [0.2, 0.25) is 0 Å². The zero-order valence-corrected chi connectivity index (χ0v) is 21.9. The first kappa shape index (κ1) is 27.5. The molecule has 3 aliphatic rings. The van der Waals surface area contributed by atoms with Crippen molar-refractivity contribution in [3.05, 3.63) is 0 Å². The zero-order valence-electron chi connectivity index (χ0n) is 21.1. The second-order valence-corrected chi connectivity index (χ2v) is 12.0. The summed E-state index contributed by atoms with van der Waals surface area (Å²) in [6.07, 6.45) is 7.00. The van der Waals surface area contributed by atoms with E-state index in [-0.39, 0.29) is 0 Å². The highest BCUT2D eigenvalue weighted by atomic mass is 32.2. The van der Waals surface area contributed by atoms with Crippen LogP contribution in [0.5, 0.6) is 0 Å². The number of nitrogens with zero attached hydrogens (tertiary/aromatic N) is 4. The average molecular weight is 473 g/mol. The molecule has 0 N–H and O–H groups in total. The Hall–Kier alpha value is -0.700. The monoisotopic (exact) mass is 472 g/mol. The molecule has 8 heteroatoms. The Labute approximate surface area is 197 Å². The maximum Gasteiger partial charge on any atom is 0.222 e. The summed E-state index contributed by atoms with van der Waals surface area (Å²) >= 11 is 0. The van der Waals surface area contributed by atoms with E-state index in [1.54, 1.807) is 0 Å². The van der Waals surface area contributed by atoms with Crippen molar-refractivity contribution in [2.75, 3.05) is 70.9 Å². The number of hydrogen-bond donors (Lipinski definition) is 0. The lowest BCUT2D eigenvalue weighted by molar-refractivity contribution is -0.130. The zero-order chi connectivity index (χ0) is 23.6. The lowest BCUT2D eigenvalue weighted by Crippen LogP contribution is -2.45. The molecule has 0 unspecified atom stereocenters. The second-order valence-electron chi connectivity index (χ2n) is 9.67. The summed E-state index contributed by atoms with van der Waals surface area (Å²) in [5, 5.41) is 0. The van der Waals surface area contributed by atoms with Gasteiger partial charge in [0.05, 0.1) is 11.5 Å². The number of rotatable bonds is 9. The first-order valence-electron chi connectivity index (χ1n) is 12.9. The Morgan fingerprint density at radius 1 is 0.938 bits per heavy atom. The third kappa shape index (κ3) is 8.92. The number of amides is 1. The van der Waals surface area contributed by atoms with E-state index < -0.39 is 9.84 Å². The summed E-state index contributed by atoms with van der Waals surface area (Å²) in [6, 6.07) is 1.02. The van der Waals surface area contributed by atoms with E-state index in [4.69, 9.17) is 0 Å². The molecule has 0 atom stereocenters. The Balaban J connectivity index is 0.000000233. The third-order valence-electron chi connectivity index (χ3n) is 7.42. The van der Waals surface area contributed by atoms with Crippen molar-refractivity contribution >= 4 is 15.7 Å². The Bertz CT molecular complexity index is 636. The molecule has 3 rings (SSSR count). The summed E-state index contributed by atoms with van der Waals surface area (Å²) < 4.78 is 22.9. The standard InChI is InChI=1S/C13H28N2O2S.C11H20N2O/c1-4-8-15(10-9-14(3)5-2)13-6-11-18(16,17)12-7-13;1-2-12-8-5-10(6-9-12)13-7-3-4-11(13)14/h13H,4-12H2,1-3H3;10H,2-9H2,1H3. The Morgan fingerprint density at radius 3 is 2.09 bits per heavy atom. The van der Waals surface area contributed by atoms with E-state index in [1.165, 1.54) is 25.9 Å². The molecule has 0 aliphatic carbocycles. The molecule has 3 saturated heterocycles. The first-order valence-corrected chi connectivity index (χ1v) is 14.8. The highest BCUT2D eigenvalue weighted by Crippen LogP contribution is 2.22. The fourth-order valence-corrected chi connectivity index (χ4v) is 6.53. The summed E-state index contributed by atoms with van der Waals surface area (Å²) in [5.41, 5.74) is 0. The van der Waals surface area contributed by atoms with E-state index in [0.717, 1.165) is 71.4 Å². The molecule has 3 fully saturated rings. The van der Waals surface area contributed by atoms with Gasteiger partial charge in [0.1, 0.15) is 9.84 Å². The first-order chi connectivity index (χ1) is 15.3. The van der Waals surface area contributed by atoms with E-state index in [9.17, 15) is 13.2 Å². The van der Waals surface area contributed by atoms with Crippen LogP contribution in [0.25, 0.3) is 0 Å². The number of sulfone groups is 1. The van der Waals surface area contributed by atoms with Gasteiger partial charge >= 0.3 is 0 Å². The number of piperidine rings is 1. The molecule has 0 saturated carbocycles. The molecule has 0 spiro atoms. The van der Waals surface area contributed by atoms with E-state index in [0.29, 0.717) is 29.5 Å². The molecule has 0 bridgehead atoms. The smallest absolute Gasteiger partial charge is 0.222 e. The molecule has 3 heterocycles. The number of likely N-dealkylation sites (tertiary alicyclic amines) is 2. The van der Waals surface area contributed by atoms with E-state index in [1.807, 2.05) is 0 Å². The van der Waals surface area contributed by atoms with Gasteiger partial charge in [0.25, 0.3) is 0 Å². The normalized spacial score (nSPS) is 23.1. The molecule has 32 heavy (non-hydrogen) atoms. The van der Waals surface area contributed by atoms with E-state index in [2.05, 4.69) is 47.4 Å². The largest absolute Gasteiger partial charge is 0.340 e. The number of hydrogen-bond acceptors (Lipinski definition) is 6. The minimum Gasteiger partial charge on any atom is -0.340 e. The van der Waals surface area contributed by atoms with Crippen LogP contribution in [0, 0.1) is 0 Å². The number of carbonyl (C=O) groups is 1. The lowest BCUT2D eigenvalue weighted by atomic mass is 10.0. The lowest BCUT2D eigenvalue weighted by Gasteiger charge is -2.36. The van der Waals surface area contributed by atoms with Gasteiger partial charge in [-0.25, -0.2) is 8.42 Å². The summed E-state index contributed by atoms with van der Waals surface area (Å²) in [6.45, 7) is 15.4. The molecule has 0 aromatic rings. The Morgan fingerprint density at radius 2 is 1.59 bits per heavy atom. The van der Waals surface area contributed by atoms with Gasteiger partial charge in [-0.2, -0.15) is 0 Å². The van der Waals surface area contributed by atoms with Crippen LogP contribution < -0.4 is 0 Å². The van der Waals surface area contributed by atoms with Gasteiger partial charge in [-0.15, -0.1) is 0 Å². The van der Waals surface area contributed by atoms with Crippen molar-refractivity contribution in [3.63, 3.8) is 0 Å². The van der Waals surface area contributed by atoms with Crippen molar-refractivity contribution in [3.8, 4) is 0 Å². The minimum absolute atomic E-state index is 0.376. The van der Waals surface area contributed by atoms with Gasteiger partial charge in [-0.3, -0.25) is 9.69 Å². The summed E-state index contributed by atoms with van der Waals surface area (Å²) in [4.78, 5) is 20.9. The van der Waals surface area contributed by atoms with Crippen LogP contribution in [0.3, 0.4) is 0 Å². The highest BCUT2D eigenvalue weighted by Gasteiger charge is 2.30. The topological polar surface area (TPSA) is 64.2 Å². The third-order valence-corrected chi connectivity index (χ3v) is 9.13. The molecule has 0 aromatic heterocycles. The van der Waals surface area contributed by atoms with Crippen LogP contribution in [-0.2, 0) is 14.6 Å². The number of likely N-dealkylation sites (N-methyl/N-ethyl adjacent to an activating group) is 1. The van der Waals surface area contributed by atoms with Gasteiger partial charge < -0.3 is 14.7 Å². The molecule has 7 nitrogen and oxygen atoms in total. The van der Waals surface area contributed by atoms with Gasteiger partial charge in [-0.1, -0.05) is 20.8 Å². The van der Waals surface area contributed by atoms with Crippen LogP contribution in [-0.4, -0.2) is 117 Å². The highest BCUT2D eigenvalue weighted by molar-refractivity contribution is 7.91. The van der Waals surface area contributed by atoms with Crippen LogP contribution in [0.1, 0.15) is 65.7 Å². The van der Waals surface area contributed by atoms with Gasteiger partial charge in [-0.05, 0) is 65.2 Å². The molecule has 0 aromatic carbocycles. The fourth-order valence-electron chi connectivity index (χ4n) is 5.07. The number of carbonyl (C=O) groups excluding carboxylic acids is 1. The fraction of sp³-hybridized carbons (Fsp3) is 0.958. The molecule has 1 amide bonds. The SMILES string of the molecule is CCCN(CCN(C)CC)C1CCS(=O)(=O)CC1.CCN1CCC(N2CCCC2=O)CC1. The Kier molecular flexibility index (Phi) is 11.9. The molecular weight excluding hydrogens is 424 g/mol. The van der Waals surface area contributed by atoms with Crippen LogP contribution >= 0.6 is 0 Å².